The average molecular weight is 346 g/mol. The molecule has 0 unspecified atom stereocenters. The van der Waals surface area contributed by atoms with E-state index in [4.69, 9.17) is 0 Å². The second kappa shape index (κ2) is 6.83. The number of rotatable bonds is 4. The van der Waals surface area contributed by atoms with Gasteiger partial charge in [0.15, 0.2) is 0 Å². The zero-order chi connectivity index (χ0) is 13.8. The van der Waals surface area contributed by atoms with Gasteiger partial charge in [0.2, 0.25) is 5.91 Å². The smallest absolute Gasteiger partial charge is 0.236 e. The van der Waals surface area contributed by atoms with Crippen LogP contribution in [-0.2, 0) is 11.3 Å². The molecule has 0 radical (unpaired) electrons. The molecule has 6 heteroatoms. The number of carbonyl (C=O) groups is 1. The Balaban J connectivity index is 1.75. The van der Waals surface area contributed by atoms with Crippen LogP contribution >= 0.6 is 27.3 Å². The molecular weight excluding hydrogens is 326 g/mol. The van der Waals surface area contributed by atoms with Crippen molar-refractivity contribution >= 4 is 33.2 Å². The van der Waals surface area contributed by atoms with Gasteiger partial charge < -0.3 is 4.90 Å². The molecule has 0 spiro atoms. The van der Waals surface area contributed by atoms with Crippen molar-refractivity contribution in [1.29, 1.82) is 0 Å². The Morgan fingerprint density at radius 2 is 1.95 bits per heavy atom. The minimum Gasteiger partial charge on any atom is -0.348 e. The standard InChI is InChI=1S/C13H20BrN3OS/c1-15(2)13(18)9-17-5-3-16(4-6-17)8-11-7-12(14)19-10-11/h7,10H,3-6,8-9H2,1-2H3. The molecule has 0 atom stereocenters. The lowest BCUT2D eigenvalue weighted by Crippen LogP contribution is -2.48. The van der Waals surface area contributed by atoms with Gasteiger partial charge in [-0.2, -0.15) is 0 Å². The van der Waals surface area contributed by atoms with E-state index in [9.17, 15) is 4.79 Å². The lowest BCUT2D eigenvalue weighted by atomic mass is 10.2. The zero-order valence-corrected chi connectivity index (χ0v) is 13.8. The molecule has 0 saturated carbocycles. The van der Waals surface area contributed by atoms with Crippen molar-refractivity contribution in [1.82, 2.24) is 14.7 Å². The molecule has 1 aromatic heterocycles. The SMILES string of the molecule is CN(C)C(=O)CN1CCN(Cc2csc(Br)c2)CC1. The third-order valence-electron chi connectivity index (χ3n) is 3.35. The first-order valence-corrected chi connectivity index (χ1v) is 8.09. The predicted octanol–water partition coefficient (Wildman–Crippen LogP) is 1.72. The predicted molar refractivity (Wildman–Crippen MR) is 82.4 cm³/mol. The number of likely N-dealkylation sites (N-methyl/N-ethyl adjacent to an activating group) is 1. The largest absolute Gasteiger partial charge is 0.348 e. The van der Waals surface area contributed by atoms with E-state index < -0.39 is 0 Å². The van der Waals surface area contributed by atoms with Gasteiger partial charge in [-0.25, -0.2) is 0 Å². The number of amides is 1. The fraction of sp³-hybridized carbons (Fsp3) is 0.615. The molecule has 0 aromatic carbocycles. The Labute approximate surface area is 127 Å². The molecule has 1 aliphatic heterocycles. The number of piperazine rings is 1. The third-order valence-corrected chi connectivity index (χ3v) is 4.90. The molecule has 0 aliphatic carbocycles. The van der Waals surface area contributed by atoms with Crippen molar-refractivity contribution in [3.8, 4) is 0 Å². The van der Waals surface area contributed by atoms with Gasteiger partial charge in [0.05, 0.1) is 10.3 Å². The number of hydrogen-bond donors (Lipinski definition) is 0. The van der Waals surface area contributed by atoms with Crippen molar-refractivity contribution < 1.29 is 4.79 Å². The van der Waals surface area contributed by atoms with Crippen molar-refractivity contribution in [3.05, 3.63) is 20.8 Å². The van der Waals surface area contributed by atoms with Gasteiger partial charge in [0, 0.05) is 46.8 Å². The van der Waals surface area contributed by atoms with Crippen molar-refractivity contribution in [3.63, 3.8) is 0 Å². The highest BCUT2D eigenvalue weighted by Crippen LogP contribution is 2.22. The van der Waals surface area contributed by atoms with Crippen LogP contribution in [-0.4, -0.2) is 67.4 Å². The highest BCUT2D eigenvalue weighted by molar-refractivity contribution is 9.11. The molecule has 2 rings (SSSR count). The van der Waals surface area contributed by atoms with E-state index >= 15 is 0 Å². The molecule has 1 saturated heterocycles. The van der Waals surface area contributed by atoms with E-state index in [-0.39, 0.29) is 5.91 Å². The first kappa shape index (κ1) is 15.0. The quantitative estimate of drug-likeness (QED) is 0.831. The van der Waals surface area contributed by atoms with Gasteiger partial charge in [-0.3, -0.25) is 14.6 Å². The van der Waals surface area contributed by atoms with Crippen LogP contribution in [0.1, 0.15) is 5.56 Å². The van der Waals surface area contributed by atoms with Crippen LogP contribution in [0.5, 0.6) is 0 Å². The minimum atomic E-state index is 0.190. The van der Waals surface area contributed by atoms with Gasteiger partial charge in [-0.05, 0) is 32.9 Å². The van der Waals surface area contributed by atoms with Crippen molar-refractivity contribution in [2.24, 2.45) is 0 Å². The Bertz CT molecular complexity index is 427. The summed E-state index contributed by atoms with van der Waals surface area (Å²) in [6.07, 6.45) is 0. The first-order valence-electron chi connectivity index (χ1n) is 6.42. The van der Waals surface area contributed by atoms with Crippen molar-refractivity contribution in [2.75, 3.05) is 46.8 Å². The molecule has 4 nitrogen and oxygen atoms in total. The zero-order valence-electron chi connectivity index (χ0n) is 11.4. The van der Waals surface area contributed by atoms with Gasteiger partial charge in [0.25, 0.3) is 0 Å². The molecule has 0 bridgehead atoms. The number of halogens is 1. The van der Waals surface area contributed by atoms with Crippen LogP contribution in [0.3, 0.4) is 0 Å². The van der Waals surface area contributed by atoms with E-state index in [1.807, 2.05) is 14.1 Å². The maximum Gasteiger partial charge on any atom is 0.236 e. The third kappa shape index (κ3) is 4.56. The van der Waals surface area contributed by atoms with Crippen LogP contribution in [0.4, 0.5) is 0 Å². The second-order valence-electron chi connectivity index (χ2n) is 5.10. The normalized spacial score (nSPS) is 17.6. The molecule has 0 N–H and O–H groups in total. The summed E-state index contributed by atoms with van der Waals surface area (Å²) in [5.74, 6) is 0.190. The van der Waals surface area contributed by atoms with Gasteiger partial charge >= 0.3 is 0 Å². The summed E-state index contributed by atoms with van der Waals surface area (Å²) in [5, 5.41) is 2.20. The number of hydrogen-bond acceptors (Lipinski definition) is 4. The Kier molecular flexibility index (Phi) is 5.38. The number of thiophene rings is 1. The van der Waals surface area contributed by atoms with Crippen LogP contribution < -0.4 is 0 Å². The molecule has 1 aromatic rings. The van der Waals surface area contributed by atoms with Crippen LogP contribution in [0.25, 0.3) is 0 Å². The lowest BCUT2D eigenvalue weighted by Gasteiger charge is -2.34. The van der Waals surface area contributed by atoms with Crippen LogP contribution in [0.2, 0.25) is 0 Å². The molecule has 2 heterocycles. The van der Waals surface area contributed by atoms with E-state index in [0.717, 1.165) is 32.7 Å². The van der Waals surface area contributed by atoms with Crippen LogP contribution in [0.15, 0.2) is 15.2 Å². The topological polar surface area (TPSA) is 26.8 Å². The summed E-state index contributed by atoms with van der Waals surface area (Å²) < 4.78 is 1.19. The summed E-state index contributed by atoms with van der Waals surface area (Å²) in [6.45, 7) is 5.58. The van der Waals surface area contributed by atoms with Crippen molar-refractivity contribution in [2.45, 2.75) is 6.54 Å². The van der Waals surface area contributed by atoms with Gasteiger partial charge in [0.1, 0.15) is 0 Å². The molecule has 19 heavy (non-hydrogen) atoms. The number of nitrogens with zero attached hydrogens (tertiary/aromatic N) is 3. The van der Waals surface area contributed by atoms with E-state index in [1.54, 1.807) is 16.2 Å². The van der Waals surface area contributed by atoms with E-state index in [0.29, 0.717) is 6.54 Å². The lowest BCUT2D eigenvalue weighted by molar-refractivity contribution is -0.130. The molecule has 1 amide bonds. The Hall–Kier alpha value is -0.430. The molecular formula is C13H20BrN3OS. The average Bonchev–Trinajstić information content (AvgIpc) is 2.77. The maximum absolute atomic E-state index is 11.7. The fourth-order valence-electron chi connectivity index (χ4n) is 2.13. The Morgan fingerprint density at radius 3 is 2.47 bits per heavy atom. The summed E-state index contributed by atoms with van der Waals surface area (Å²) in [4.78, 5) is 18.0. The summed E-state index contributed by atoms with van der Waals surface area (Å²) in [5.41, 5.74) is 1.37. The van der Waals surface area contributed by atoms with E-state index in [1.165, 1.54) is 9.35 Å². The Morgan fingerprint density at radius 1 is 1.32 bits per heavy atom. The summed E-state index contributed by atoms with van der Waals surface area (Å²) in [6, 6.07) is 2.19. The fourth-order valence-corrected chi connectivity index (χ4v) is 3.33. The molecule has 1 fully saturated rings. The van der Waals surface area contributed by atoms with E-state index in [2.05, 4.69) is 37.2 Å². The maximum atomic E-state index is 11.7. The summed E-state index contributed by atoms with van der Waals surface area (Å²) >= 11 is 5.23. The monoisotopic (exact) mass is 345 g/mol. The minimum absolute atomic E-state index is 0.190. The molecule has 106 valence electrons. The highest BCUT2D eigenvalue weighted by atomic mass is 79.9. The summed E-state index contributed by atoms with van der Waals surface area (Å²) in [7, 11) is 3.63. The van der Waals surface area contributed by atoms with Crippen LogP contribution in [0, 0.1) is 0 Å². The van der Waals surface area contributed by atoms with Gasteiger partial charge in [-0.15, -0.1) is 11.3 Å². The second-order valence-corrected chi connectivity index (χ2v) is 7.39. The first-order chi connectivity index (χ1) is 9.04. The van der Waals surface area contributed by atoms with Gasteiger partial charge in [-0.1, -0.05) is 0 Å². The molecule has 1 aliphatic rings. The highest BCUT2D eigenvalue weighted by Gasteiger charge is 2.19. The number of carbonyl (C=O) groups excluding carboxylic acids is 1.